The van der Waals surface area contributed by atoms with Crippen LogP contribution in [-0.4, -0.2) is 31.6 Å². The highest BCUT2D eigenvalue weighted by atomic mass is 35.5. The molecular weight excluding hydrogens is 485 g/mol. The van der Waals surface area contributed by atoms with Gasteiger partial charge in [-0.15, -0.1) is 5.10 Å². The number of aromatic nitrogens is 4. The van der Waals surface area contributed by atoms with E-state index in [9.17, 15) is 18.0 Å². The van der Waals surface area contributed by atoms with E-state index in [0.29, 0.717) is 24.4 Å². The third-order valence-electron chi connectivity index (χ3n) is 5.37. The topological polar surface area (TPSA) is 71.2 Å². The van der Waals surface area contributed by atoms with Gasteiger partial charge in [0.1, 0.15) is 17.5 Å². The quantitative estimate of drug-likeness (QED) is 0.303. The molecule has 184 valence electrons. The maximum Gasteiger partial charge on any atom is 0.425 e. The first-order valence-electron chi connectivity index (χ1n) is 10.8. The van der Waals surface area contributed by atoms with Crippen molar-refractivity contribution in [3.63, 3.8) is 0 Å². The van der Waals surface area contributed by atoms with Gasteiger partial charge in [-0.1, -0.05) is 41.9 Å². The van der Waals surface area contributed by atoms with Crippen LogP contribution in [0.5, 0.6) is 5.75 Å². The lowest BCUT2D eigenvalue weighted by atomic mass is 10.1. The molecule has 0 saturated heterocycles. The molecule has 2 aromatic heterocycles. The van der Waals surface area contributed by atoms with Gasteiger partial charge in [-0.3, -0.25) is 4.57 Å². The van der Waals surface area contributed by atoms with Crippen LogP contribution in [-0.2, 0) is 24.5 Å². The van der Waals surface area contributed by atoms with E-state index < -0.39 is 18.0 Å². The summed E-state index contributed by atoms with van der Waals surface area (Å²) in [5.74, 6) is 0.229. The zero-order chi connectivity index (χ0) is 25.2. The number of alkyl halides is 3. The SMILES string of the molecule is CCn1c(COCc2ccccc2)nn(-c2cc(O[C@@H](C)C(F)(F)F)c3c(Cl)nccc3c2)c1=O. The minimum atomic E-state index is -4.60. The van der Waals surface area contributed by atoms with Crippen LogP contribution < -0.4 is 10.4 Å². The molecule has 0 unspecified atom stereocenters. The molecular formula is C24H22ClF3N4O3. The largest absolute Gasteiger partial charge is 0.480 e. The fraction of sp³-hybridized carbons (Fsp3) is 0.292. The van der Waals surface area contributed by atoms with Crippen LogP contribution in [0.25, 0.3) is 16.5 Å². The third kappa shape index (κ3) is 5.33. The second kappa shape index (κ2) is 10.1. The summed E-state index contributed by atoms with van der Waals surface area (Å²) in [6.45, 7) is 3.42. The van der Waals surface area contributed by atoms with Crippen LogP contribution in [0.3, 0.4) is 0 Å². The third-order valence-corrected chi connectivity index (χ3v) is 5.66. The van der Waals surface area contributed by atoms with E-state index in [-0.39, 0.29) is 28.6 Å². The van der Waals surface area contributed by atoms with Crippen molar-refractivity contribution in [3.05, 3.63) is 81.8 Å². The molecule has 1 atom stereocenters. The van der Waals surface area contributed by atoms with Crippen molar-refractivity contribution < 1.29 is 22.6 Å². The first-order chi connectivity index (χ1) is 16.7. The molecule has 4 aromatic rings. The number of hydrogen-bond acceptors (Lipinski definition) is 5. The van der Waals surface area contributed by atoms with E-state index >= 15 is 0 Å². The Morgan fingerprint density at radius 3 is 2.54 bits per heavy atom. The van der Waals surface area contributed by atoms with Crippen molar-refractivity contribution in [2.24, 2.45) is 0 Å². The fourth-order valence-corrected chi connectivity index (χ4v) is 3.82. The van der Waals surface area contributed by atoms with Crippen molar-refractivity contribution >= 4 is 22.4 Å². The van der Waals surface area contributed by atoms with Gasteiger partial charge in [-0.2, -0.15) is 17.9 Å². The van der Waals surface area contributed by atoms with Crippen molar-refractivity contribution in [2.75, 3.05) is 0 Å². The van der Waals surface area contributed by atoms with E-state index in [1.54, 1.807) is 19.1 Å². The van der Waals surface area contributed by atoms with Crippen molar-refractivity contribution in [1.29, 1.82) is 0 Å². The molecule has 0 N–H and O–H groups in total. The first kappa shape index (κ1) is 24.7. The number of nitrogens with zero attached hydrogens (tertiary/aromatic N) is 4. The van der Waals surface area contributed by atoms with Gasteiger partial charge in [0.25, 0.3) is 0 Å². The lowest BCUT2D eigenvalue weighted by molar-refractivity contribution is -0.188. The molecule has 7 nitrogen and oxygen atoms in total. The maximum absolute atomic E-state index is 13.2. The summed E-state index contributed by atoms with van der Waals surface area (Å²) < 4.78 is 53.1. The van der Waals surface area contributed by atoms with Crippen molar-refractivity contribution in [1.82, 2.24) is 19.3 Å². The Bertz CT molecular complexity index is 1390. The molecule has 0 bridgehead atoms. The van der Waals surface area contributed by atoms with E-state index in [2.05, 4.69) is 10.1 Å². The summed E-state index contributed by atoms with van der Waals surface area (Å²) in [5.41, 5.74) is 0.740. The second-order valence-electron chi connectivity index (χ2n) is 7.78. The number of hydrogen-bond donors (Lipinski definition) is 0. The van der Waals surface area contributed by atoms with Gasteiger partial charge in [0.15, 0.2) is 11.9 Å². The average Bonchev–Trinajstić information content (AvgIpc) is 3.14. The van der Waals surface area contributed by atoms with Gasteiger partial charge in [-0.25, -0.2) is 9.78 Å². The molecule has 0 radical (unpaired) electrons. The van der Waals surface area contributed by atoms with Crippen LogP contribution in [0.15, 0.2) is 59.5 Å². The molecule has 11 heteroatoms. The average molecular weight is 507 g/mol. The van der Waals surface area contributed by atoms with Gasteiger partial charge in [-0.05, 0) is 36.9 Å². The molecule has 0 aliphatic rings. The van der Waals surface area contributed by atoms with Crippen LogP contribution in [0, 0.1) is 0 Å². The summed E-state index contributed by atoms with van der Waals surface area (Å²) in [7, 11) is 0. The number of ether oxygens (including phenoxy) is 2. The van der Waals surface area contributed by atoms with Gasteiger partial charge in [0.05, 0.1) is 17.7 Å². The van der Waals surface area contributed by atoms with Crippen LogP contribution in [0.2, 0.25) is 5.15 Å². The van der Waals surface area contributed by atoms with Gasteiger partial charge >= 0.3 is 11.9 Å². The molecule has 0 aliphatic heterocycles. The smallest absolute Gasteiger partial charge is 0.425 e. The zero-order valence-electron chi connectivity index (χ0n) is 18.9. The van der Waals surface area contributed by atoms with Crippen LogP contribution in [0.1, 0.15) is 25.2 Å². The van der Waals surface area contributed by atoms with Crippen molar-refractivity contribution in [2.45, 2.75) is 45.9 Å². The van der Waals surface area contributed by atoms with Crippen LogP contribution >= 0.6 is 11.6 Å². The summed E-state index contributed by atoms with van der Waals surface area (Å²) in [6, 6.07) is 14.0. The molecule has 2 heterocycles. The summed E-state index contributed by atoms with van der Waals surface area (Å²) in [4.78, 5) is 17.0. The summed E-state index contributed by atoms with van der Waals surface area (Å²) in [6.07, 6.45) is -5.29. The number of pyridine rings is 1. The normalized spacial score (nSPS) is 12.7. The maximum atomic E-state index is 13.2. The monoisotopic (exact) mass is 506 g/mol. The number of rotatable bonds is 8. The molecule has 0 fully saturated rings. The summed E-state index contributed by atoms with van der Waals surface area (Å²) >= 11 is 6.17. The Hall–Kier alpha value is -3.37. The minimum Gasteiger partial charge on any atom is -0.480 e. The molecule has 2 aromatic carbocycles. The van der Waals surface area contributed by atoms with E-state index in [1.807, 2.05) is 30.3 Å². The molecule has 0 spiro atoms. The fourth-order valence-electron chi connectivity index (χ4n) is 3.56. The number of benzene rings is 2. The van der Waals surface area contributed by atoms with Gasteiger partial charge < -0.3 is 9.47 Å². The van der Waals surface area contributed by atoms with Crippen molar-refractivity contribution in [3.8, 4) is 11.4 Å². The highest BCUT2D eigenvalue weighted by Crippen LogP contribution is 2.35. The van der Waals surface area contributed by atoms with Gasteiger partial charge in [0, 0.05) is 18.8 Å². The van der Waals surface area contributed by atoms with E-state index in [4.69, 9.17) is 21.1 Å². The lowest BCUT2D eigenvalue weighted by Crippen LogP contribution is -2.31. The Morgan fingerprint density at radius 2 is 1.86 bits per heavy atom. The minimum absolute atomic E-state index is 0.0140. The van der Waals surface area contributed by atoms with E-state index in [1.165, 1.54) is 16.8 Å². The molecule has 35 heavy (non-hydrogen) atoms. The zero-order valence-corrected chi connectivity index (χ0v) is 19.7. The molecule has 0 saturated carbocycles. The Morgan fingerprint density at radius 1 is 1.11 bits per heavy atom. The number of fused-ring (bicyclic) bond motifs is 1. The lowest BCUT2D eigenvalue weighted by Gasteiger charge is -2.19. The Kier molecular flexibility index (Phi) is 7.13. The molecule has 0 aliphatic carbocycles. The predicted octanol–water partition coefficient (Wildman–Crippen LogP) is 5.30. The van der Waals surface area contributed by atoms with Crippen LogP contribution in [0.4, 0.5) is 13.2 Å². The molecule has 4 rings (SSSR count). The summed E-state index contributed by atoms with van der Waals surface area (Å²) in [5, 5.41) is 5.04. The van der Waals surface area contributed by atoms with E-state index in [0.717, 1.165) is 17.2 Å². The highest BCUT2D eigenvalue weighted by Gasteiger charge is 2.38. The Balaban J connectivity index is 1.72. The highest BCUT2D eigenvalue weighted by molar-refractivity contribution is 6.34. The number of halogens is 4. The first-order valence-corrected chi connectivity index (χ1v) is 11.2. The second-order valence-corrected chi connectivity index (χ2v) is 8.14. The molecule has 0 amide bonds. The Labute approximate surface area is 203 Å². The van der Waals surface area contributed by atoms with Gasteiger partial charge in [0.2, 0.25) is 0 Å². The predicted molar refractivity (Wildman–Crippen MR) is 125 cm³/mol. The standard InChI is InChI=1S/C24H22ClF3N4O3/c1-3-31-20(14-34-13-16-7-5-4-6-8-16)30-32(23(31)33)18-11-17-9-10-29-22(25)21(17)19(12-18)35-15(2)24(26,27)28/h4-12,15H,3,13-14H2,1-2H3/t15-/m0/s1.